The van der Waals surface area contributed by atoms with Gasteiger partial charge in [-0.05, 0) is 43.9 Å². The van der Waals surface area contributed by atoms with E-state index in [0.29, 0.717) is 5.69 Å². The van der Waals surface area contributed by atoms with E-state index in [-0.39, 0.29) is 11.8 Å². The molecular formula is C20H29N3O2. The van der Waals surface area contributed by atoms with Crippen molar-refractivity contribution < 1.29 is 9.59 Å². The average Bonchev–Trinajstić information content (AvgIpc) is 3.26. The van der Waals surface area contributed by atoms with Gasteiger partial charge in [-0.1, -0.05) is 20.8 Å². The summed E-state index contributed by atoms with van der Waals surface area (Å²) in [6.45, 7) is 9.31. The predicted octanol–water partition coefficient (Wildman–Crippen LogP) is 3.51. The summed E-state index contributed by atoms with van der Waals surface area (Å²) in [5.41, 5.74) is 1.95. The van der Waals surface area contributed by atoms with E-state index in [1.807, 2.05) is 43.9 Å². The van der Waals surface area contributed by atoms with E-state index in [9.17, 15) is 9.59 Å². The number of carbonyl (C=O) groups is 2. The number of hydrogen-bond acceptors (Lipinski definition) is 3. The van der Waals surface area contributed by atoms with E-state index in [0.717, 1.165) is 50.3 Å². The Hall–Kier alpha value is -2.04. The average molecular weight is 343 g/mol. The summed E-state index contributed by atoms with van der Waals surface area (Å²) < 4.78 is 0. The van der Waals surface area contributed by atoms with Crippen molar-refractivity contribution in [1.29, 1.82) is 0 Å². The molecule has 1 aromatic rings. The van der Waals surface area contributed by atoms with Crippen molar-refractivity contribution >= 4 is 23.2 Å². The van der Waals surface area contributed by atoms with Gasteiger partial charge < -0.3 is 15.1 Å². The monoisotopic (exact) mass is 343 g/mol. The fraction of sp³-hybridized carbons (Fsp3) is 0.600. The summed E-state index contributed by atoms with van der Waals surface area (Å²) in [7, 11) is 0. The molecule has 2 fully saturated rings. The van der Waals surface area contributed by atoms with Crippen molar-refractivity contribution in [2.75, 3.05) is 36.4 Å². The van der Waals surface area contributed by atoms with Crippen LogP contribution in [0.3, 0.4) is 0 Å². The quantitative estimate of drug-likeness (QED) is 0.914. The third-order valence-electron chi connectivity index (χ3n) is 5.01. The molecule has 2 amide bonds. The number of likely N-dealkylation sites (tertiary alicyclic amines) is 1. The molecule has 0 bridgehead atoms. The minimum Gasteiger partial charge on any atom is -0.371 e. The number of amides is 2. The van der Waals surface area contributed by atoms with Gasteiger partial charge in [0, 0.05) is 43.0 Å². The molecule has 1 aromatic carbocycles. The summed E-state index contributed by atoms with van der Waals surface area (Å²) in [5.74, 6) is 0.0484. The molecule has 2 heterocycles. The molecule has 0 aromatic heterocycles. The minimum absolute atomic E-state index is 0.0407. The van der Waals surface area contributed by atoms with Crippen LogP contribution in [-0.4, -0.2) is 42.9 Å². The SMILES string of the molecule is CC(C)(C)C(=O)Nc1ccc(N2CCCC2)c(C(=O)N2CCCC2)c1. The zero-order valence-corrected chi connectivity index (χ0v) is 15.6. The van der Waals surface area contributed by atoms with Gasteiger partial charge in [0.15, 0.2) is 0 Å². The molecule has 3 rings (SSSR count). The molecular weight excluding hydrogens is 314 g/mol. The van der Waals surface area contributed by atoms with Gasteiger partial charge in [0.25, 0.3) is 5.91 Å². The molecule has 2 saturated heterocycles. The maximum absolute atomic E-state index is 13.0. The second-order valence-electron chi connectivity index (χ2n) is 8.13. The lowest BCUT2D eigenvalue weighted by atomic mass is 9.95. The second-order valence-corrected chi connectivity index (χ2v) is 8.13. The Morgan fingerprint density at radius 1 is 0.960 bits per heavy atom. The van der Waals surface area contributed by atoms with E-state index >= 15 is 0 Å². The van der Waals surface area contributed by atoms with Crippen molar-refractivity contribution in [2.45, 2.75) is 46.5 Å². The molecule has 0 atom stereocenters. The lowest BCUT2D eigenvalue weighted by Gasteiger charge is -2.25. The van der Waals surface area contributed by atoms with Gasteiger partial charge in [-0.2, -0.15) is 0 Å². The lowest BCUT2D eigenvalue weighted by Crippen LogP contribution is -2.31. The van der Waals surface area contributed by atoms with Crippen LogP contribution in [0.15, 0.2) is 18.2 Å². The van der Waals surface area contributed by atoms with Crippen molar-refractivity contribution in [3.63, 3.8) is 0 Å². The lowest BCUT2D eigenvalue weighted by molar-refractivity contribution is -0.123. The summed E-state index contributed by atoms with van der Waals surface area (Å²) >= 11 is 0. The largest absolute Gasteiger partial charge is 0.371 e. The Bertz CT molecular complexity index is 651. The van der Waals surface area contributed by atoms with Gasteiger partial charge in [0.1, 0.15) is 0 Å². The molecule has 25 heavy (non-hydrogen) atoms. The number of rotatable bonds is 3. The molecule has 5 nitrogen and oxygen atoms in total. The molecule has 2 aliphatic heterocycles. The van der Waals surface area contributed by atoms with E-state index in [2.05, 4.69) is 10.2 Å². The van der Waals surface area contributed by atoms with Gasteiger partial charge in [-0.25, -0.2) is 0 Å². The number of nitrogens with one attached hydrogen (secondary N) is 1. The Kier molecular flexibility index (Phi) is 5.02. The number of anilines is 2. The van der Waals surface area contributed by atoms with Gasteiger partial charge in [0.2, 0.25) is 5.91 Å². The van der Waals surface area contributed by atoms with Crippen molar-refractivity contribution in [3.8, 4) is 0 Å². The molecule has 0 saturated carbocycles. The van der Waals surface area contributed by atoms with E-state index in [1.54, 1.807) is 0 Å². The molecule has 0 spiro atoms. The normalized spacial score (nSPS) is 17.9. The fourth-order valence-corrected chi connectivity index (χ4v) is 3.43. The van der Waals surface area contributed by atoms with E-state index < -0.39 is 5.41 Å². The molecule has 1 N–H and O–H groups in total. The van der Waals surface area contributed by atoms with Crippen molar-refractivity contribution in [2.24, 2.45) is 5.41 Å². The first kappa shape index (κ1) is 17.8. The highest BCUT2D eigenvalue weighted by Crippen LogP contribution is 2.30. The second kappa shape index (κ2) is 7.06. The van der Waals surface area contributed by atoms with Crippen LogP contribution in [0.4, 0.5) is 11.4 Å². The summed E-state index contributed by atoms with van der Waals surface area (Å²) in [4.78, 5) is 29.6. The topological polar surface area (TPSA) is 52.7 Å². The van der Waals surface area contributed by atoms with Crippen LogP contribution >= 0.6 is 0 Å². The summed E-state index contributed by atoms with van der Waals surface area (Å²) in [6, 6.07) is 5.77. The van der Waals surface area contributed by atoms with E-state index in [4.69, 9.17) is 0 Å². The van der Waals surface area contributed by atoms with Crippen molar-refractivity contribution in [1.82, 2.24) is 4.90 Å². The van der Waals surface area contributed by atoms with E-state index in [1.165, 1.54) is 12.8 Å². The number of hydrogen-bond donors (Lipinski definition) is 1. The van der Waals surface area contributed by atoms with Crippen LogP contribution in [0.25, 0.3) is 0 Å². The molecule has 0 unspecified atom stereocenters. The maximum atomic E-state index is 13.0. The summed E-state index contributed by atoms with van der Waals surface area (Å²) in [5, 5.41) is 2.96. The standard InChI is InChI=1S/C20H29N3O2/c1-20(2,3)19(25)21-15-8-9-17(22-10-4-5-11-22)16(14-15)18(24)23-12-6-7-13-23/h8-9,14H,4-7,10-13H2,1-3H3,(H,21,25). The van der Waals surface area contributed by atoms with Crippen LogP contribution in [0.1, 0.15) is 56.8 Å². The molecule has 0 aliphatic carbocycles. The first-order valence-corrected chi connectivity index (χ1v) is 9.36. The number of benzene rings is 1. The van der Waals surface area contributed by atoms with Gasteiger partial charge >= 0.3 is 0 Å². The van der Waals surface area contributed by atoms with Crippen LogP contribution in [-0.2, 0) is 4.79 Å². The highest BCUT2D eigenvalue weighted by atomic mass is 16.2. The Labute approximate surface area is 150 Å². The highest BCUT2D eigenvalue weighted by Gasteiger charge is 2.26. The van der Waals surface area contributed by atoms with Crippen molar-refractivity contribution in [3.05, 3.63) is 23.8 Å². The summed E-state index contributed by atoms with van der Waals surface area (Å²) in [6.07, 6.45) is 4.48. The first-order chi connectivity index (χ1) is 11.9. The van der Waals surface area contributed by atoms with Crippen LogP contribution < -0.4 is 10.2 Å². The molecule has 136 valence electrons. The highest BCUT2D eigenvalue weighted by molar-refractivity contribution is 6.02. The smallest absolute Gasteiger partial charge is 0.256 e. The number of nitrogens with zero attached hydrogens (tertiary/aromatic N) is 2. The van der Waals surface area contributed by atoms with Crippen LogP contribution in [0.2, 0.25) is 0 Å². The zero-order valence-electron chi connectivity index (χ0n) is 15.6. The zero-order chi connectivity index (χ0) is 18.0. The first-order valence-electron chi connectivity index (χ1n) is 9.36. The van der Waals surface area contributed by atoms with Gasteiger partial charge in [0.05, 0.1) is 5.56 Å². The third-order valence-corrected chi connectivity index (χ3v) is 5.01. The third kappa shape index (κ3) is 3.97. The van der Waals surface area contributed by atoms with Crippen LogP contribution in [0, 0.1) is 5.41 Å². The fourth-order valence-electron chi connectivity index (χ4n) is 3.43. The predicted molar refractivity (Wildman–Crippen MR) is 101 cm³/mol. The Morgan fingerprint density at radius 2 is 1.56 bits per heavy atom. The molecule has 2 aliphatic rings. The Balaban J connectivity index is 1.90. The maximum Gasteiger partial charge on any atom is 0.256 e. The molecule has 5 heteroatoms. The Morgan fingerprint density at radius 3 is 2.16 bits per heavy atom. The van der Waals surface area contributed by atoms with Gasteiger partial charge in [-0.15, -0.1) is 0 Å². The minimum atomic E-state index is -0.466. The van der Waals surface area contributed by atoms with Crippen LogP contribution in [0.5, 0.6) is 0 Å². The van der Waals surface area contributed by atoms with Gasteiger partial charge in [-0.3, -0.25) is 9.59 Å². The molecule has 0 radical (unpaired) electrons. The number of carbonyl (C=O) groups excluding carboxylic acids is 2.